The second-order valence-electron chi connectivity index (χ2n) is 6.19. The van der Waals surface area contributed by atoms with Gasteiger partial charge < -0.3 is 14.6 Å². The molecule has 2 aromatic carbocycles. The van der Waals surface area contributed by atoms with Crippen molar-refractivity contribution in [3.05, 3.63) is 64.5 Å². The molecule has 0 radical (unpaired) electrons. The SMILES string of the molecule is Cc1cc(Br)ccc1NC(=O)C[NH+](C)Cc1nnc(-c2ccccc2)o1. The molecule has 0 aliphatic rings. The Morgan fingerprint density at radius 2 is 1.96 bits per heavy atom. The molecule has 3 rings (SSSR count). The normalized spacial score (nSPS) is 12.0. The summed E-state index contributed by atoms with van der Waals surface area (Å²) in [7, 11) is 1.92. The van der Waals surface area contributed by atoms with Crippen LogP contribution in [0, 0.1) is 6.92 Å². The summed E-state index contributed by atoms with van der Waals surface area (Å²) in [6.45, 7) is 2.74. The van der Waals surface area contributed by atoms with E-state index in [0.29, 0.717) is 24.9 Å². The zero-order chi connectivity index (χ0) is 18.5. The minimum absolute atomic E-state index is 0.0595. The third-order valence-electron chi connectivity index (χ3n) is 3.87. The van der Waals surface area contributed by atoms with Crippen LogP contribution in [0.3, 0.4) is 0 Å². The average molecular weight is 416 g/mol. The van der Waals surface area contributed by atoms with Crippen LogP contribution >= 0.6 is 15.9 Å². The lowest BCUT2D eigenvalue weighted by molar-refractivity contribution is -0.886. The van der Waals surface area contributed by atoms with Crippen molar-refractivity contribution < 1.29 is 14.1 Å². The van der Waals surface area contributed by atoms with Crippen molar-refractivity contribution in [2.45, 2.75) is 13.5 Å². The summed E-state index contributed by atoms with van der Waals surface area (Å²) in [4.78, 5) is 13.2. The van der Waals surface area contributed by atoms with Gasteiger partial charge in [-0.05, 0) is 42.8 Å². The number of aromatic nitrogens is 2. The number of amides is 1. The summed E-state index contributed by atoms with van der Waals surface area (Å²) in [5.41, 5.74) is 2.71. The fraction of sp³-hybridized carbons (Fsp3) is 0.211. The van der Waals surface area contributed by atoms with Gasteiger partial charge in [-0.15, -0.1) is 10.2 Å². The van der Waals surface area contributed by atoms with E-state index in [0.717, 1.165) is 26.2 Å². The lowest BCUT2D eigenvalue weighted by Crippen LogP contribution is -3.08. The van der Waals surface area contributed by atoms with E-state index < -0.39 is 0 Å². The Labute approximate surface area is 160 Å². The first-order valence-electron chi connectivity index (χ1n) is 8.26. The number of aryl methyl sites for hydroxylation is 1. The molecule has 3 aromatic rings. The Balaban J connectivity index is 1.56. The molecule has 0 saturated heterocycles. The lowest BCUT2D eigenvalue weighted by atomic mass is 10.2. The maximum Gasteiger partial charge on any atom is 0.279 e. The standard InChI is InChI=1S/C19H19BrN4O2/c1-13-10-15(20)8-9-16(13)21-17(25)11-24(2)12-18-22-23-19(26-18)14-6-4-3-5-7-14/h3-10H,11-12H2,1-2H3,(H,21,25)/p+1. The zero-order valence-corrected chi connectivity index (χ0v) is 16.2. The van der Waals surface area contributed by atoms with E-state index in [1.165, 1.54) is 0 Å². The van der Waals surface area contributed by atoms with Gasteiger partial charge in [-0.25, -0.2) is 0 Å². The first-order chi connectivity index (χ1) is 12.5. The highest BCUT2D eigenvalue weighted by atomic mass is 79.9. The number of carbonyl (C=O) groups is 1. The van der Waals surface area contributed by atoms with Gasteiger partial charge in [0.05, 0.1) is 7.05 Å². The van der Waals surface area contributed by atoms with Crippen molar-refractivity contribution in [3.63, 3.8) is 0 Å². The van der Waals surface area contributed by atoms with Gasteiger partial charge in [0, 0.05) is 15.7 Å². The predicted octanol–water partition coefficient (Wildman–Crippen LogP) is 2.46. The van der Waals surface area contributed by atoms with Crippen molar-refractivity contribution >= 4 is 27.5 Å². The molecule has 1 unspecified atom stereocenters. The smallest absolute Gasteiger partial charge is 0.279 e. The first-order valence-corrected chi connectivity index (χ1v) is 9.05. The Kier molecular flexibility index (Phi) is 5.80. The van der Waals surface area contributed by atoms with Gasteiger partial charge in [0.15, 0.2) is 13.1 Å². The second kappa shape index (κ2) is 8.25. The van der Waals surface area contributed by atoms with Gasteiger partial charge in [0.25, 0.3) is 11.8 Å². The van der Waals surface area contributed by atoms with Crippen LogP contribution in [0.5, 0.6) is 0 Å². The monoisotopic (exact) mass is 415 g/mol. The number of nitrogens with zero attached hydrogens (tertiary/aromatic N) is 2. The molecule has 0 aliphatic carbocycles. The van der Waals surface area contributed by atoms with E-state index in [2.05, 4.69) is 31.4 Å². The number of benzene rings is 2. The molecular weight excluding hydrogens is 396 g/mol. The van der Waals surface area contributed by atoms with E-state index >= 15 is 0 Å². The predicted molar refractivity (Wildman–Crippen MR) is 103 cm³/mol. The van der Waals surface area contributed by atoms with Crippen LogP contribution in [0.2, 0.25) is 0 Å². The molecule has 1 amide bonds. The number of likely N-dealkylation sites (N-methyl/N-ethyl adjacent to an activating group) is 1. The van der Waals surface area contributed by atoms with Crippen molar-refractivity contribution in [1.82, 2.24) is 10.2 Å². The number of quaternary nitrogens is 1. The molecule has 1 heterocycles. The van der Waals surface area contributed by atoms with E-state index in [-0.39, 0.29) is 5.91 Å². The van der Waals surface area contributed by atoms with Crippen LogP contribution in [0.1, 0.15) is 11.5 Å². The Bertz CT molecular complexity index is 896. The van der Waals surface area contributed by atoms with Gasteiger partial charge in [-0.3, -0.25) is 4.79 Å². The Morgan fingerprint density at radius 1 is 1.19 bits per heavy atom. The zero-order valence-electron chi connectivity index (χ0n) is 14.6. The Hall–Kier alpha value is -2.51. The van der Waals surface area contributed by atoms with E-state index in [1.54, 1.807) is 0 Å². The van der Waals surface area contributed by atoms with Crippen LogP contribution in [0.4, 0.5) is 5.69 Å². The molecule has 6 nitrogen and oxygen atoms in total. The van der Waals surface area contributed by atoms with Crippen molar-refractivity contribution in [3.8, 4) is 11.5 Å². The highest BCUT2D eigenvalue weighted by Crippen LogP contribution is 2.19. The summed E-state index contributed by atoms with van der Waals surface area (Å²) >= 11 is 3.42. The fourth-order valence-corrected chi connectivity index (χ4v) is 3.05. The van der Waals surface area contributed by atoms with Crippen LogP contribution < -0.4 is 10.2 Å². The first kappa shape index (κ1) is 18.3. The minimum atomic E-state index is -0.0595. The summed E-state index contributed by atoms with van der Waals surface area (Å²) < 4.78 is 6.68. The number of nitrogens with one attached hydrogen (secondary N) is 2. The van der Waals surface area contributed by atoms with Crippen LogP contribution in [0.25, 0.3) is 11.5 Å². The molecule has 26 heavy (non-hydrogen) atoms. The summed E-state index contributed by atoms with van der Waals surface area (Å²) in [6.07, 6.45) is 0. The number of anilines is 1. The summed E-state index contributed by atoms with van der Waals surface area (Å²) in [6, 6.07) is 15.4. The molecule has 1 atom stereocenters. The van der Waals surface area contributed by atoms with Gasteiger partial charge in [0.2, 0.25) is 5.89 Å². The molecule has 0 fully saturated rings. The molecule has 2 N–H and O–H groups in total. The largest absolute Gasteiger partial charge is 0.415 e. The maximum absolute atomic E-state index is 12.3. The molecule has 0 spiro atoms. The number of halogens is 1. The molecule has 1 aromatic heterocycles. The number of carbonyl (C=O) groups excluding carboxylic acids is 1. The summed E-state index contributed by atoms with van der Waals surface area (Å²) in [5.74, 6) is 0.938. The molecule has 0 saturated carbocycles. The number of rotatable bonds is 6. The average Bonchev–Trinajstić information content (AvgIpc) is 3.06. The van der Waals surface area contributed by atoms with Crippen molar-refractivity contribution in [1.29, 1.82) is 0 Å². The molecule has 134 valence electrons. The van der Waals surface area contributed by atoms with Crippen LogP contribution in [0.15, 0.2) is 57.4 Å². The lowest BCUT2D eigenvalue weighted by Gasteiger charge is -2.13. The van der Waals surface area contributed by atoms with E-state index in [4.69, 9.17) is 4.42 Å². The highest BCUT2D eigenvalue weighted by molar-refractivity contribution is 9.10. The maximum atomic E-state index is 12.3. The highest BCUT2D eigenvalue weighted by Gasteiger charge is 2.16. The van der Waals surface area contributed by atoms with Gasteiger partial charge in [-0.1, -0.05) is 34.1 Å². The molecule has 0 aliphatic heterocycles. The van der Waals surface area contributed by atoms with Crippen LogP contribution in [-0.2, 0) is 11.3 Å². The second-order valence-corrected chi connectivity index (χ2v) is 7.10. The summed E-state index contributed by atoms with van der Waals surface area (Å²) in [5, 5.41) is 11.1. The third-order valence-corrected chi connectivity index (χ3v) is 4.36. The quantitative estimate of drug-likeness (QED) is 0.648. The minimum Gasteiger partial charge on any atom is -0.415 e. The van der Waals surface area contributed by atoms with Crippen LogP contribution in [-0.4, -0.2) is 29.7 Å². The fourth-order valence-electron chi connectivity index (χ4n) is 2.58. The molecule has 7 heteroatoms. The number of hydrogen-bond donors (Lipinski definition) is 2. The van der Waals surface area contributed by atoms with Crippen molar-refractivity contribution in [2.75, 3.05) is 18.9 Å². The Morgan fingerprint density at radius 3 is 2.69 bits per heavy atom. The van der Waals surface area contributed by atoms with Gasteiger partial charge in [0.1, 0.15) is 0 Å². The van der Waals surface area contributed by atoms with Crippen molar-refractivity contribution in [2.24, 2.45) is 0 Å². The van der Waals surface area contributed by atoms with E-state index in [9.17, 15) is 4.79 Å². The molecule has 0 bridgehead atoms. The van der Waals surface area contributed by atoms with Gasteiger partial charge in [-0.2, -0.15) is 0 Å². The van der Waals surface area contributed by atoms with E-state index in [1.807, 2.05) is 62.5 Å². The molecular formula is C19H20BrN4O2+. The van der Waals surface area contributed by atoms with Gasteiger partial charge >= 0.3 is 0 Å². The third kappa shape index (κ3) is 4.77. The number of hydrogen-bond acceptors (Lipinski definition) is 4. The topological polar surface area (TPSA) is 72.5 Å².